The standard InChI is InChI=1S/C21H26N2O5S/c1-26-17-6-4-15(5-7-17)8-9-22-20(24)13-29-14-21(25)23-16-10-18(27-2)12-19(11-16)28-3/h4-7,10-12H,8-9,13-14H2,1-3H3,(H,22,24)(H,23,25). The van der Waals surface area contributed by atoms with E-state index < -0.39 is 0 Å². The van der Waals surface area contributed by atoms with Gasteiger partial charge in [-0.2, -0.15) is 0 Å². The molecule has 2 N–H and O–H groups in total. The van der Waals surface area contributed by atoms with Gasteiger partial charge in [-0.3, -0.25) is 9.59 Å². The van der Waals surface area contributed by atoms with Crippen LogP contribution in [-0.2, 0) is 16.0 Å². The van der Waals surface area contributed by atoms with Gasteiger partial charge in [-0.1, -0.05) is 12.1 Å². The molecule has 7 nitrogen and oxygen atoms in total. The molecule has 0 heterocycles. The molecular weight excluding hydrogens is 392 g/mol. The first-order valence-electron chi connectivity index (χ1n) is 9.04. The monoisotopic (exact) mass is 418 g/mol. The molecule has 0 spiro atoms. The van der Waals surface area contributed by atoms with Crippen molar-refractivity contribution in [1.29, 1.82) is 0 Å². The first-order valence-corrected chi connectivity index (χ1v) is 10.2. The highest BCUT2D eigenvalue weighted by Gasteiger charge is 2.08. The van der Waals surface area contributed by atoms with Crippen LogP contribution in [0, 0.1) is 0 Å². The summed E-state index contributed by atoms with van der Waals surface area (Å²) in [4.78, 5) is 24.0. The summed E-state index contributed by atoms with van der Waals surface area (Å²) in [5.41, 5.74) is 1.70. The number of methoxy groups -OCH3 is 3. The van der Waals surface area contributed by atoms with Crippen LogP contribution >= 0.6 is 11.8 Å². The maximum atomic E-state index is 12.1. The number of anilines is 1. The van der Waals surface area contributed by atoms with Crippen LogP contribution in [0.4, 0.5) is 5.69 Å². The zero-order valence-corrected chi connectivity index (χ0v) is 17.6. The molecule has 0 aliphatic rings. The van der Waals surface area contributed by atoms with Crippen molar-refractivity contribution in [2.45, 2.75) is 6.42 Å². The lowest BCUT2D eigenvalue weighted by Crippen LogP contribution is -2.28. The molecule has 0 saturated heterocycles. The minimum Gasteiger partial charge on any atom is -0.497 e. The van der Waals surface area contributed by atoms with E-state index in [4.69, 9.17) is 14.2 Å². The maximum Gasteiger partial charge on any atom is 0.234 e. The van der Waals surface area contributed by atoms with Gasteiger partial charge in [0.1, 0.15) is 17.2 Å². The Morgan fingerprint density at radius 1 is 0.828 bits per heavy atom. The summed E-state index contributed by atoms with van der Waals surface area (Å²) in [6, 6.07) is 12.9. The van der Waals surface area contributed by atoms with Gasteiger partial charge in [-0.25, -0.2) is 0 Å². The molecule has 2 rings (SSSR count). The Balaban J connectivity index is 1.66. The summed E-state index contributed by atoms with van der Waals surface area (Å²) in [5, 5.41) is 5.63. The number of nitrogens with one attached hydrogen (secondary N) is 2. The lowest BCUT2D eigenvalue weighted by molar-refractivity contribution is -0.118. The van der Waals surface area contributed by atoms with Crippen LogP contribution in [0.15, 0.2) is 42.5 Å². The Morgan fingerprint density at radius 2 is 1.41 bits per heavy atom. The van der Waals surface area contributed by atoms with Crippen molar-refractivity contribution < 1.29 is 23.8 Å². The van der Waals surface area contributed by atoms with E-state index in [-0.39, 0.29) is 23.3 Å². The van der Waals surface area contributed by atoms with Gasteiger partial charge in [0, 0.05) is 30.4 Å². The summed E-state index contributed by atoms with van der Waals surface area (Å²) in [7, 11) is 4.72. The third-order valence-corrected chi connectivity index (χ3v) is 4.93. The van der Waals surface area contributed by atoms with E-state index in [9.17, 15) is 9.59 Å². The number of carbonyl (C=O) groups excluding carboxylic acids is 2. The summed E-state index contributed by atoms with van der Waals surface area (Å²) in [6.45, 7) is 0.543. The van der Waals surface area contributed by atoms with Gasteiger partial charge in [0.05, 0.1) is 32.8 Å². The predicted molar refractivity (Wildman–Crippen MR) is 115 cm³/mol. The van der Waals surface area contributed by atoms with Crippen LogP contribution in [0.25, 0.3) is 0 Å². The largest absolute Gasteiger partial charge is 0.497 e. The van der Waals surface area contributed by atoms with Gasteiger partial charge >= 0.3 is 0 Å². The van der Waals surface area contributed by atoms with Crippen LogP contribution in [0.5, 0.6) is 17.2 Å². The van der Waals surface area contributed by atoms with Gasteiger partial charge in [0.25, 0.3) is 0 Å². The molecule has 8 heteroatoms. The Bertz CT molecular complexity index is 789. The lowest BCUT2D eigenvalue weighted by atomic mass is 10.1. The van der Waals surface area contributed by atoms with Crippen LogP contribution in [0.1, 0.15) is 5.56 Å². The number of carbonyl (C=O) groups is 2. The van der Waals surface area contributed by atoms with Crippen molar-refractivity contribution in [2.24, 2.45) is 0 Å². The fourth-order valence-electron chi connectivity index (χ4n) is 2.50. The molecule has 0 saturated carbocycles. The molecule has 0 bridgehead atoms. The van der Waals surface area contributed by atoms with Crippen molar-refractivity contribution in [3.63, 3.8) is 0 Å². The highest BCUT2D eigenvalue weighted by Crippen LogP contribution is 2.25. The molecule has 2 aromatic rings. The second kappa shape index (κ2) is 11.9. The Morgan fingerprint density at radius 3 is 2.00 bits per heavy atom. The average molecular weight is 419 g/mol. The van der Waals surface area contributed by atoms with Gasteiger partial charge in [0.2, 0.25) is 11.8 Å². The maximum absolute atomic E-state index is 12.1. The van der Waals surface area contributed by atoms with Crippen molar-refractivity contribution >= 4 is 29.3 Å². The molecule has 0 aliphatic heterocycles. The topological polar surface area (TPSA) is 85.9 Å². The van der Waals surface area contributed by atoms with E-state index >= 15 is 0 Å². The minimum atomic E-state index is -0.198. The number of benzene rings is 2. The van der Waals surface area contributed by atoms with E-state index in [1.54, 1.807) is 39.5 Å². The summed E-state index contributed by atoms with van der Waals surface area (Å²) in [5.74, 6) is 2.07. The molecule has 0 fully saturated rings. The fourth-order valence-corrected chi connectivity index (χ4v) is 3.15. The average Bonchev–Trinajstić information content (AvgIpc) is 2.73. The van der Waals surface area contributed by atoms with Crippen molar-refractivity contribution in [3.05, 3.63) is 48.0 Å². The molecule has 0 atom stereocenters. The Labute approximate surface area is 175 Å². The fraction of sp³-hybridized carbons (Fsp3) is 0.333. The van der Waals surface area contributed by atoms with Crippen LogP contribution in [0.2, 0.25) is 0 Å². The quantitative estimate of drug-likeness (QED) is 0.584. The van der Waals surface area contributed by atoms with E-state index in [1.165, 1.54) is 11.8 Å². The lowest BCUT2D eigenvalue weighted by Gasteiger charge is -2.10. The first-order chi connectivity index (χ1) is 14.0. The summed E-state index contributed by atoms with van der Waals surface area (Å²) >= 11 is 1.26. The molecule has 0 unspecified atom stereocenters. The van der Waals surface area contributed by atoms with Crippen LogP contribution < -0.4 is 24.8 Å². The molecule has 156 valence electrons. The Hall–Kier alpha value is -2.87. The van der Waals surface area contributed by atoms with Gasteiger partial charge in [-0.05, 0) is 24.1 Å². The molecule has 0 radical (unpaired) electrons. The van der Waals surface area contributed by atoms with Crippen molar-refractivity contribution in [1.82, 2.24) is 5.32 Å². The normalized spacial score (nSPS) is 10.2. The number of thioether (sulfide) groups is 1. The zero-order valence-electron chi connectivity index (χ0n) is 16.8. The van der Waals surface area contributed by atoms with Crippen LogP contribution in [-0.4, -0.2) is 51.2 Å². The second-order valence-corrected chi connectivity index (χ2v) is 7.08. The molecule has 0 aliphatic carbocycles. The van der Waals surface area contributed by atoms with E-state index in [0.717, 1.165) is 17.7 Å². The van der Waals surface area contributed by atoms with E-state index in [2.05, 4.69) is 10.6 Å². The third-order valence-electron chi connectivity index (χ3n) is 4.00. The van der Waals surface area contributed by atoms with Crippen LogP contribution in [0.3, 0.4) is 0 Å². The molecule has 2 amide bonds. The SMILES string of the molecule is COc1ccc(CCNC(=O)CSCC(=O)Nc2cc(OC)cc(OC)c2)cc1. The van der Waals surface area contributed by atoms with Gasteiger partial charge in [-0.15, -0.1) is 11.8 Å². The summed E-state index contributed by atoms with van der Waals surface area (Å²) < 4.78 is 15.5. The zero-order chi connectivity index (χ0) is 21.1. The number of rotatable bonds is 11. The third kappa shape index (κ3) is 7.95. The first kappa shape index (κ1) is 22.4. The Kier molecular flexibility index (Phi) is 9.17. The second-order valence-electron chi connectivity index (χ2n) is 6.09. The molecule has 2 aromatic carbocycles. The van der Waals surface area contributed by atoms with Gasteiger partial charge in [0.15, 0.2) is 0 Å². The molecular formula is C21H26N2O5S. The highest BCUT2D eigenvalue weighted by atomic mass is 32.2. The number of amides is 2. The number of ether oxygens (including phenoxy) is 3. The molecule has 0 aromatic heterocycles. The predicted octanol–water partition coefficient (Wildman–Crippen LogP) is 2.74. The van der Waals surface area contributed by atoms with E-state index in [1.807, 2.05) is 24.3 Å². The smallest absolute Gasteiger partial charge is 0.234 e. The van der Waals surface area contributed by atoms with Gasteiger partial charge < -0.3 is 24.8 Å². The summed E-state index contributed by atoms with van der Waals surface area (Å²) in [6.07, 6.45) is 0.735. The highest BCUT2D eigenvalue weighted by molar-refractivity contribution is 8.00. The van der Waals surface area contributed by atoms with E-state index in [0.29, 0.717) is 23.7 Å². The molecule has 29 heavy (non-hydrogen) atoms. The minimum absolute atomic E-state index is 0.0978. The van der Waals surface area contributed by atoms with Crippen molar-refractivity contribution in [2.75, 3.05) is 44.7 Å². The number of hydrogen-bond donors (Lipinski definition) is 2. The van der Waals surface area contributed by atoms with Crippen molar-refractivity contribution in [3.8, 4) is 17.2 Å². The number of hydrogen-bond acceptors (Lipinski definition) is 6.